The molecule has 29 heavy (non-hydrogen) atoms. The third-order valence-corrected chi connectivity index (χ3v) is 4.70. The van der Waals surface area contributed by atoms with Crippen molar-refractivity contribution in [2.45, 2.75) is 13.0 Å². The van der Waals surface area contributed by atoms with E-state index < -0.39 is 5.97 Å². The predicted octanol–water partition coefficient (Wildman–Crippen LogP) is 1.51. The number of carboxylic acid groups (broad SMARTS) is 1. The summed E-state index contributed by atoms with van der Waals surface area (Å²) in [6, 6.07) is 9.91. The summed E-state index contributed by atoms with van der Waals surface area (Å²) in [6.45, 7) is 5.33. The van der Waals surface area contributed by atoms with Crippen LogP contribution in [0, 0.1) is 0 Å². The second-order valence-electron chi connectivity index (χ2n) is 6.94. The van der Waals surface area contributed by atoms with E-state index in [-0.39, 0.29) is 17.5 Å². The van der Waals surface area contributed by atoms with Gasteiger partial charge in [-0.1, -0.05) is 42.5 Å². The maximum absolute atomic E-state index is 11.6. The van der Waals surface area contributed by atoms with Crippen LogP contribution in [0.25, 0.3) is 6.08 Å². The molecule has 2 aromatic rings. The van der Waals surface area contributed by atoms with Gasteiger partial charge in [0.2, 0.25) is 11.9 Å². The van der Waals surface area contributed by atoms with Gasteiger partial charge in [0.05, 0.1) is 11.6 Å². The van der Waals surface area contributed by atoms with Gasteiger partial charge in [-0.05, 0) is 5.56 Å². The zero-order chi connectivity index (χ0) is 20.6. The molecular weight excluding hydrogens is 370 g/mol. The molecule has 0 bridgehead atoms. The molecule has 1 fully saturated rings. The first-order valence-electron chi connectivity index (χ1n) is 9.54. The zero-order valence-electron chi connectivity index (χ0n) is 16.4. The molecule has 2 N–H and O–H groups in total. The lowest BCUT2D eigenvalue weighted by atomic mass is 10.1. The van der Waals surface area contributed by atoms with Crippen molar-refractivity contribution in [1.82, 2.24) is 20.2 Å². The molecule has 3 rings (SSSR count). The van der Waals surface area contributed by atoms with Crippen LogP contribution in [0.2, 0.25) is 0 Å². The topological polar surface area (TPSA) is 98.7 Å². The van der Waals surface area contributed by atoms with E-state index in [0.29, 0.717) is 5.95 Å². The molecule has 1 aromatic carbocycles. The molecule has 0 radical (unpaired) electrons. The number of anilines is 1. The summed E-state index contributed by atoms with van der Waals surface area (Å²) in [5.41, 5.74) is 1.17. The minimum Gasteiger partial charge on any atom is -0.478 e. The van der Waals surface area contributed by atoms with Crippen LogP contribution in [0.1, 0.15) is 22.8 Å². The lowest BCUT2D eigenvalue weighted by molar-refractivity contribution is -0.119. The van der Waals surface area contributed by atoms with Crippen molar-refractivity contribution in [3.63, 3.8) is 0 Å². The summed E-state index contributed by atoms with van der Waals surface area (Å²) in [4.78, 5) is 35.2. The third kappa shape index (κ3) is 6.11. The molecular formula is C21H25N5O3. The lowest BCUT2D eigenvalue weighted by Crippen LogP contribution is -2.51. The van der Waals surface area contributed by atoms with Crippen molar-refractivity contribution in [3.8, 4) is 0 Å². The van der Waals surface area contributed by atoms with Gasteiger partial charge in [0.1, 0.15) is 0 Å². The van der Waals surface area contributed by atoms with Gasteiger partial charge in [-0.2, -0.15) is 0 Å². The Morgan fingerprint density at radius 3 is 2.38 bits per heavy atom. The predicted molar refractivity (Wildman–Crippen MR) is 111 cm³/mol. The van der Waals surface area contributed by atoms with Crippen molar-refractivity contribution < 1.29 is 14.7 Å². The molecule has 8 heteroatoms. The van der Waals surface area contributed by atoms with E-state index in [9.17, 15) is 9.59 Å². The average Bonchev–Trinajstić information content (AvgIpc) is 2.73. The molecule has 1 atom stereocenters. The summed E-state index contributed by atoms with van der Waals surface area (Å²) >= 11 is 0. The second kappa shape index (κ2) is 9.79. The molecule has 1 aromatic heterocycles. The minimum absolute atomic E-state index is 0.0572. The van der Waals surface area contributed by atoms with Crippen molar-refractivity contribution in [3.05, 3.63) is 59.9 Å². The van der Waals surface area contributed by atoms with E-state index in [1.807, 2.05) is 47.4 Å². The number of amides is 1. The van der Waals surface area contributed by atoms with Crippen LogP contribution in [0.5, 0.6) is 0 Å². The zero-order valence-corrected chi connectivity index (χ0v) is 16.4. The summed E-state index contributed by atoms with van der Waals surface area (Å²) in [7, 11) is 0. The van der Waals surface area contributed by atoms with Gasteiger partial charge in [0, 0.05) is 52.0 Å². The minimum atomic E-state index is -1.03. The SMILES string of the molecule is CC(=O)NC(/C=C/c1ccccc1)CN1CCN(c2ncc(C(=O)O)cn2)CC1. The fourth-order valence-corrected chi connectivity index (χ4v) is 3.21. The maximum atomic E-state index is 11.6. The van der Waals surface area contributed by atoms with Crippen LogP contribution in [0.15, 0.2) is 48.8 Å². The molecule has 2 heterocycles. The van der Waals surface area contributed by atoms with E-state index in [4.69, 9.17) is 5.11 Å². The van der Waals surface area contributed by atoms with Gasteiger partial charge in [0.15, 0.2) is 0 Å². The molecule has 1 saturated heterocycles. The third-order valence-electron chi connectivity index (χ3n) is 4.70. The quantitative estimate of drug-likeness (QED) is 0.733. The highest BCUT2D eigenvalue weighted by Crippen LogP contribution is 2.12. The highest BCUT2D eigenvalue weighted by Gasteiger charge is 2.21. The van der Waals surface area contributed by atoms with Crippen molar-refractivity contribution in [2.75, 3.05) is 37.6 Å². The van der Waals surface area contributed by atoms with Gasteiger partial charge in [-0.3, -0.25) is 9.69 Å². The number of carbonyl (C=O) groups is 2. The molecule has 1 unspecified atom stereocenters. The standard InChI is InChI=1S/C21H25N5O3/c1-16(27)24-19(8-7-17-5-3-2-4-6-17)15-25-9-11-26(12-10-25)21-22-13-18(14-23-21)20(28)29/h2-8,13-14,19H,9-12,15H2,1H3,(H,24,27)(H,28,29)/b8-7+. The maximum Gasteiger partial charge on any atom is 0.338 e. The van der Waals surface area contributed by atoms with Crippen LogP contribution < -0.4 is 10.2 Å². The van der Waals surface area contributed by atoms with Crippen LogP contribution in [-0.2, 0) is 4.79 Å². The Morgan fingerprint density at radius 1 is 1.14 bits per heavy atom. The van der Waals surface area contributed by atoms with E-state index in [1.54, 1.807) is 0 Å². The summed E-state index contributed by atoms with van der Waals surface area (Å²) in [6.07, 6.45) is 6.71. The van der Waals surface area contributed by atoms with Gasteiger partial charge in [0.25, 0.3) is 0 Å². The largest absolute Gasteiger partial charge is 0.478 e. The summed E-state index contributed by atoms with van der Waals surface area (Å²) < 4.78 is 0. The van der Waals surface area contributed by atoms with Crippen LogP contribution in [0.4, 0.5) is 5.95 Å². The average molecular weight is 395 g/mol. The Balaban J connectivity index is 1.56. The molecule has 1 amide bonds. The first-order chi connectivity index (χ1) is 14.0. The number of rotatable bonds is 7. The van der Waals surface area contributed by atoms with Crippen molar-refractivity contribution in [1.29, 1.82) is 0 Å². The number of hydrogen-bond donors (Lipinski definition) is 2. The molecule has 8 nitrogen and oxygen atoms in total. The number of nitrogens with one attached hydrogen (secondary N) is 1. The number of carbonyl (C=O) groups excluding carboxylic acids is 1. The molecule has 1 aliphatic heterocycles. The Kier molecular flexibility index (Phi) is 6.91. The summed E-state index contributed by atoms with van der Waals surface area (Å²) in [5.74, 6) is -0.552. The Bertz CT molecular complexity index is 846. The van der Waals surface area contributed by atoms with Crippen LogP contribution in [-0.4, -0.2) is 70.6 Å². The molecule has 0 aliphatic carbocycles. The second-order valence-corrected chi connectivity index (χ2v) is 6.94. The molecule has 0 saturated carbocycles. The monoisotopic (exact) mass is 395 g/mol. The first-order valence-corrected chi connectivity index (χ1v) is 9.54. The molecule has 152 valence electrons. The number of benzene rings is 1. The molecule has 0 spiro atoms. The Labute approximate surface area is 169 Å². The van der Waals surface area contributed by atoms with E-state index in [2.05, 4.69) is 20.2 Å². The first kappa shape index (κ1) is 20.5. The number of hydrogen-bond acceptors (Lipinski definition) is 6. The highest BCUT2D eigenvalue weighted by atomic mass is 16.4. The Morgan fingerprint density at radius 2 is 1.79 bits per heavy atom. The fourth-order valence-electron chi connectivity index (χ4n) is 3.21. The highest BCUT2D eigenvalue weighted by molar-refractivity contribution is 5.86. The van der Waals surface area contributed by atoms with E-state index >= 15 is 0 Å². The van der Waals surface area contributed by atoms with Crippen LogP contribution >= 0.6 is 0 Å². The summed E-state index contributed by atoms with van der Waals surface area (Å²) in [5, 5.41) is 11.9. The van der Waals surface area contributed by atoms with E-state index in [0.717, 1.165) is 38.3 Å². The number of piperazine rings is 1. The Hall–Kier alpha value is -3.26. The normalized spacial score (nSPS) is 16.0. The number of carboxylic acids is 1. The van der Waals surface area contributed by atoms with Gasteiger partial charge < -0.3 is 15.3 Å². The lowest BCUT2D eigenvalue weighted by Gasteiger charge is -2.36. The smallest absolute Gasteiger partial charge is 0.338 e. The van der Waals surface area contributed by atoms with Gasteiger partial charge in [-0.25, -0.2) is 14.8 Å². The van der Waals surface area contributed by atoms with Crippen molar-refractivity contribution in [2.24, 2.45) is 0 Å². The van der Waals surface area contributed by atoms with Crippen LogP contribution in [0.3, 0.4) is 0 Å². The number of aromatic carboxylic acids is 1. The van der Waals surface area contributed by atoms with Gasteiger partial charge in [-0.15, -0.1) is 0 Å². The van der Waals surface area contributed by atoms with Gasteiger partial charge >= 0.3 is 5.97 Å². The fraction of sp³-hybridized carbons (Fsp3) is 0.333. The molecule has 1 aliphatic rings. The number of nitrogens with zero attached hydrogens (tertiary/aromatic N) is 4. The number of aromatic nitrogens is 2. The van der Waals surface area contributed by atoms with E-state index in [1.165, 1.54) is 19.3 Å². The van der Waals surface area contributed by atoms with Crippen molar-refractivity contribution >= 4 is 23.9 Å².